The molecule has 0 radical (unpaired) electrons. The fourth-order valence-electron chi connectivity index (χ4n) is 4.86. The predicted octanol–water partition coefficient (Wildman–Crippen LogP) is 3.22. The summed E-state index contributed by atoms with van der Waals surface area (Å²) in [6.07, 6.45) is 2.76. The molecule has 0 saturated carbocycles. The number of carbonyl (C=O) groups is 1. The summed E-state index contributed by atoms with van der Waals surface area (Å²) < 4.78 is 6.27. The average Bonchev–Trinajstić information content (AvgIpc) is 3.15. The van der Waals surface area contributed by atoms with E-state index in [4.69, 9.17) is 21.4 Å². The molecule has 0 bridgehead atoms. The van der Waals surface area contributed by atoms with Crippen LogP contribution in [-0.2, 0) is 28.2 Å². The van der Waals surface area contributed by atoms with E-state index in [2.05, 4.69) is 34.5 Å². The van der Waals surface area contributed by atoms with Crippen LogP contribution >= 0.6 is 11.6 Å². The number of phenols is 1. The Morgan fingerprint density at radius 2 is 2.00 bits per heavy atom. The highest BCUT2D eigenvalue weighted by atomic mass is 35.5. The fourth-order valence-corrected chi connectivity index (χ4v) is 5.06. The van der Waals surface area contributed by atoms with Crippen molar-refractivity contribution in [2.24, 2.45) is 5.92 Å². The highest BCUT2D eigenvalue weighted by Crippen LogP contribution is 2.44. The van der Waals surface area contributed by atoms with Gasteiger partial charge in [0.25, 0.3) is 0 Å². The van der Waals surface area contributed by atoms with Gasteiger partial charge >= 0.3 is 0 Å². The number of hydrogen-bond donors (Lipinski definition) is 3. The molecule has 2 aromatic carbocycles. The number of benzene rings is 2. The van der Waals surface area contributed by atoms with Crippen molar-refractivity contribution in [1.82, 2.24) is 10.2 Å². The van der Waals surface area contributed by atoms with Crippen molar-refractivity contribution in [2.75, 3.05) is 32.8 Å². The number of likely N-dealkylation sites (tertiary alicyclic amines) is 1. The lowest BCUT2D eigenvalue weighted by Gasteiger charge is -2.40. The summed E-state index contributed by atoms with van der Waals surface area (Å²) in [7, 11) is 0. The number of halogens is 1. The van der Waals surface area contributed by atoms with E-state index in [0.29, 0.717) is 37.6 Å². The number of nitrogens with one attached hydrogen (secondary N) is 1. The molecule has 172 valence electrons. The van der Waals surface area contributed by atoms with Crippen molar-refractivity contribution < 1.29 is 19.7 Å². The number of fused-ring (bicyclic) bond motifs is 2. The Kier molecular flexibility index (Phi) is 7.36. The summed E-state index contributed by atoms with van der Waals surface area (Å²) in [4.78, 5) is 15.3. The van der Waals surface area contributed by atoms with Gasteiger partial charge in [0.15, 0.2) is 0 Å². The summed E-state index contributed by atoms with van der Waals surface area (Å²) in [5, 5.41) is 22.4. The number of aliphatic hydroxyl groups excluding tert-OH is 1. The van der Waals surface area contributed by atoms with Crippen LogP contribution in [0.15, 0.2) is 42.5 Å². The van der Waals surface area contributed by atoms with Gasteiger partial charge in [0.2, 0.25) is 5.91 Å². The summed E-state index contributed by atoms with van der Waals surface area (Å²) in [5.41, 5.74) is 3.14. The Morgan fingerprint density at radius 1 is 1.22 bits per heavy atom. The number of amides is 1. The minimum atomic E-state index is -0.307. The zero-order valence-corrected chi connectivity index (χ0v) is 19.0. The zero-order chi connectivity index (χ0) is 22.6. The Hall–Kier alpha value is -2.12. The van der Waals surface area contributed by atoms with Crippen LogP contribution in [-0.4, -0.2) is 53.8 Å². The molecule has 1 unspecified atom stereocenters. The van der Waals surface area contributed by atoms with Gasteiger partial charge in [0, 0.05) is 37.8 Å². The minimum Gasteiger partial charge on any atom is -0.508 e. The molecule has 32 heavy (non-hydrogen) atoms. The van der Waals surface area contributed by atoms with Gasteiger partial charge in [0.05, 0.1) is 18.1 Å². The van der Waals surface area contributed by atoms with Crippen molar-refractivity contribution in [2.45, 2.75) is 37.9 Å². The predicted molar refractivity (Wildman–Crippen MR) is 124 cm³/mol. The number of piperidine rings is 1. The largest absolute Gasteiger partial charge is 0.508 e. The highest BCUT2D eigenvalue weighted by Gasteiger charge is 2.42. The van der Waals surface area contributed by atoms with E-state index in [1.807, 2.05) is 0 Å². The summed E-state index contributed by atoms with van der Waals surface area (Å²) in [6.45, 7) is 3.45. The number of carbonyl (C=O) groups excluding carboxylic acids is 1. The monoisotopic (exact) mass is 458 g/mol. The SMILES string of the molecule is O=C(NCCCO)C(Cc1cc(O)ccc1Cl)CN1CCC2(CC1)OCc1ccccc12. The number of rotatable bonds is 8. The molecule has 6 nitrogen and oxygen atoms in total. The van der Waals surface area contributed by atoms with Crippen molar-refractivity contribution >= 4 is 17.5 Å². The van der Waals surface area contributed by atoms with E-state index < -0.39 is 0 Å². The highest BCUT2D eigenvalue weighted by molar-refractivity contribution is 6.31. The summed E-state index contributed by atoms with van der Waals surface area (Å²) >= 11 is 6.34. The van der Waals surface area contributed by atoms with Gasteiger partial charge in [-0.05, 0) is 60.6 Å². The fraction of sp³-hybridized carbons (Fsp3) is 0.480. The van der Waals surface area contributed by atoms with Crippen LogP contribution in [0, 0.1) is 5.92 Å². The van der Waals surface area contributed by atoms with Crippen LogP contribution in [0.3, 0.4) is 0 Å². The van der Waals surface area contributed by atoms with E-state index in [9.17, 15) is 9.90 Å². The maximum atomic E-state index is 13.0. The smallest absolute Gasteiger partial charge is 0.224 e. The van der Waals surface area contributed by atoms with Crippen molar-refractivity contribution in [3.63, 3.8) is 0 Å². The maximum absolute atomic E-state index is 13.0. The number of nitrogens with zero attached hydrogens (tertiary/aromatic N) is 1. The quantitative estimate of drug-likeness (QED) is 0.529. The molecule has 3 N–H and O–H groups in total. The summed E-state index contributed by atoms with van der Waals surface area (Å²) in [6, 6.07) is 13.3. The van der Waals surface area contributed by atoms with Crippen LogP contribution in [0.5, 0.6) is 5.75 Å². The normalized spacial score (nSPS) is 18.4. The van der Waals surface area contributed by atoms with E-state index in [1.54, 1.807) is 18.2 Å². The third-order valence-corrected chi connectivity index (χ3v) is 7.02. The lowest BCUT2D eigenvalue weighted by Crippen LogP contribution is -2.47. The second kappa shape index (κ2) is 10.2. The first-order chi connectivity index (χ1) is 15.5. The van der Waals surface area contributed by atoms with Crippen molar-refractivity contribution in [3.8, 4) is 5.75 Å². The van der Waals surface area contributed by atoms with Crippen LogP contribution in [0.2, 0.25) is 5.02 Å². The van der Waals surface area contributed by atoms with E-state index in [1.165, 1.54) is 11.1 Å². The van der Waals surface area contributed by atoms with Crippen LogP contribution in [0.25, 0.3) is 0 Å². The second-order valence-electron chi connectivity index (χ2n) is 8.79. The minimum absolute atomic E-state index is 0.0407. The first kappa shape index (κ1) is 23.1. The van der Waals surface area contributed by atoms with Crippen LogP contribution in [0.4, 0.5) is 0 Å². The third kappa shape index (κ3) is 5.09. The van der Waals surface area contributed by atoms with Gasteiger partial charge in [-0.25, -0.2) is 0 Å². The number of aromatic hydroxyl groups is 1. The van der Waals surface area contributed by atoms with Gasteiger partial charge < -0.3 is 25.2 Å². The number of phenolic OH excluding ortho intramolecular Hbond substituents is 1. The molecule has 0 aromatic heterocycles. The molecule has 1 fully saturated rings. The second-order valence-corrected chi connectivity index (χ2v) is 9.19. The first-order valence-electron chi connectivity index (χ1n) is 11.3. The van der Waals surface area contributed by atoms with Gasteiger partial charge in [-0.3, -0.25) is 4.79 Å². The van der Waals surface area contributed by atoms with E-state index in [-0.39, 0.29) is 29.8 Å². The number of ether oxygens (including phenoxy) is 1. The molecule has 2 heterocycles. The summed E-state index contributed by atoms with van der Waals surface area (Å²) in [5.74, 6) is -0.222. The molecule has 2 aliphatic heterocycles. The molecule has 1 atom stereocenters. The standard InChI is InChI=1S/C25H31ClN2O4/c26-23-7-6-21(30)15-19(23)14-20(24(31)27-10-3-13-29)16-28-11-8-25(9-12-28)22-5-2-1-4-18(22)17-32-25/h1-2,4-7,15,20,29-30H,3,8-14,16-17H2,(H,27,31). The average molecular weight is 459 g/mol. The molecule has 7 heteroatoms. The lowest BCUT2D eigenvalue weighted by molar-refractivity contribution is -0.126. The molecular formula is C25H31ClN2O4. The first-order valence-corrected chi connectivity index (χ1v) is 11.7. The Labute approximate surface area is 194 Å². The lowest BCUT2D eigenvalue weighted by atomic mass is 9.83. The molecule has 1 saturated heterocycles. The third-order valence-electron chi connectivity index (χ3n) is 6.66. The van der Waals surface area contributed by atoms with Crippen LogP contribution < -0.4 is 5.32 Å². The zero-order valence-electron chi connectivity index (χ0n) is 18.2. The molecule has 1 spiro atoms. The number of hydrogen-bond acceptors (Lipinski definition) is 5. The maximum Gasteiger partial charge on any atom is 0.224 e. The van der Waals surface area contributed by atoms with Gasteiger partial charge in [-0.15, -0.1) is 0 Å². The van der Waals surface area contributed by atoms with Crippen molar-refractivity contribution in [1.29, 1.82) is 0 Å². The van der Waals surface area contributed by atoms with E-state index in [0.717, 1.165) is 31.5 Å². The molecular weight excluding hydrogens is 428 g/mol. The number of aliphatic hydroxyl groups is 1. The van der Waals surface area contributed by atoms with Crippen molar-refractivity contribution in [3.05, 3.63) is 64.2 Å². The Bertz CT molecular complexity index is 943. The molecule has 0 aliphatic carbocycles. The Morgan fingerprint density at radius 3 is 2.78 bits per heavy atom. The van der Waals surface area contributed by atoms with Gasteiger partial charge in [-0.2, -0.15) is 0 Å². The topological polar surface area (TPSA) is 82.0 Å². The Balaban J connectivity index is 1.43. The molecule has 1 amide bonds. The van der Waals surface area contributed by atoms with Gasteiger partial charge in [0.1, 0.15) is 5.75 Å². The van der Waals surface area contributed by atoms with Crippen LogP contribution in [0.1, 0.15) is 36.0 Å². The molecule has 4 rings (SSSR count). The molecule has 2 aromatic rings. The van der Waals surface area contributed by atoms with Gasteiger partial charge in [-0.1, -0.05) is 35.9 Å². The van der Waals surface area contributed by atoms with E-state index >= 15 is 0 Å². The molecule has 2 aliphatic rings.